The molecule has 0 aromatic heterocycles. The Kier molecular flexibility index (Phi) is 6.52. The second-order valence-corrected chi connectivity index (χ2v) is 6.21. The van der Waals surface area contributed by atoms with Gasteiger partial charge in [-0.15, -0.1) is 0 Å². The van der Waals surface area contributed by atoms with Crippen LogP contribution in [0.25, 0.3) is 0 Å². The summed E-state index contributed by atoms with van der Waals surface area (Å²) < 4.78 is 5.29. The van der Waals surface area contributed by atoms with Crippen LogP contribution in [-0.2, 0) is 0 Å². The topological polar surface area (TPSA) is 55.5 Å². The summed E-state index contributed by atoms with van der Waals surface area (Å²) in [6, 6.07) is 7.96. The molecule has 1 saturated carbocycles. The molecule has 3 heteroatoms. The van der Waals surface area contributed by atoms with E-state index in [0.717, 1.165) is 24.2 Å². The number of aliphatic hydroxyl groups is 1. The lowest BCUT2D eigenvalue weighted by Gasteiger charge is -2.31. The second kappa shape index (κ2) is 8.40. The van der Waals surface area contributed by atoms with Crippen LogP contribution in [0.3, 0.4) is 0 Å². The highest BCUT2D eigenvalue weighted by Gasteiger charge is 2.28. The van der Waals surface area contributed by atoms with Gasteiger partial charge < -0.3 is 15.6 Å². The molecule has 0 saturated heterocycles. The fourth-order valence-electron chi connectivity index (χ4n) is 3.50. The van der Waals surface area contributed by atoms with Gasteiger partial charge in [0, 0.05) is 12.5 Å². The standard InChI is InChI=1S/C18H29NO2/c1-21-16-11-7-10-15(12-16)17(13-19)18(20)14-8-5-3-2-4-6-9-14/h7,10-12,14,17-18,20H,2-6,8-9,13,19H2,1H3. The van der Waals surface area contributed by atoms with Crippen LogP contribution < -0.4 is 10.5 Å². The minimum Gasteiger partial charge on any atom is -0.497 e. The van der Waals surface area contributed by atoms with Crippen LogP contribution in [0.1, 0.15) is 56.4 Å². The van der Waals surface area contributed by atoms with Crippen LogP contribution in [0, 0.1) is 5.92 Å². The third-order valence-corrected chi connectivity index (χ3v) is 4.82. The number of rotatable bonds is 5. The molecule has 3 N–H and O–H groups in total. The maximum Gasteiger partial charge on any atom is 0.119 e. The Morgan fingerprint density at radius 1 is 1.19 bits per heavy atom. The summed E-state index contributed by atoms with van der Waals surface area (Å²) in [4.78, 5) is 0. The van der Waals surface area contributed by atoms with Crippen LogP contribution in [0.5, 0.6) is 5.75 Å². The number of hydrogen-bond donors (Lipinski definition) is 2. The SMILES string of the molecule is COc1cccc(C(CN)C(O)C2CCCCCCC2)c1. The Morgan fingerprint density at radius 3 is 2.48 bits per heavy atom. The Labute approximate surface area is 128 Å². The van der Waals surface area contributed by atoms with E-state index in [1.165, 1.54) is 32.1 Å². The van der Waals surface area contributed by atoms with Crippen LogP contribution in [-0.4, -0.2) is 24.9 Å². The van der Waals surface area contributed by atoms with Crippen molar-refractivity contribution >= 4 is 0 Å². The van der Waals surface area contributed by atoms with Gasteiger partial charge in [0.05, 0.1) is 13.2 Å². The average Bonchev–Trinajstić information content (AvgIpc) is 2.48. The summed E-state index contributed by atoms with van der Waals surface area (Å²) in [7, 11) is 1.67. The van der Waals surface area contributed by atoms with Crippen molar-refractivity contribution in [2.75, 3.05) is 13.7 Å². The largest absolute Gasteiger partial charge is 0.497 e. The molecule has 1 aromatic rings. The van der Waals surface area contributed by atoms with E-state index >= 15 is 0 Å². The predicted octanol–water partition coefficient (Wildman–Crippen LogP) is 3.46. The molecule has 2 unspecified atom stereocenters. The van der Waals surface area contributed by atoms with Crippen molar-refractivity contribution in [3.8, 4) is 5.75 Å². The van der Waals surface area contributed by atoms with Gasteiger partial charge in [0.15, 0.2) is 0 Å². The van der Waals surface area contributed by atoms with Crippen molar-refractivity contribution in [1.29, 1.82) is 0 Å². The third-order valence-electron chi connectivity index (χ3n) is 4.82. The normalized spacial score (nSPS) is 20.3. The Bertz CT molecular complexity index is 413. The third kappa shape index (κ3) is 4.45. The molecule has 0 radical (unpaired) electrons. The highest BCUT2D eigenvalue weighted by Crippen LogP contribution is 2.32. The molecule has 0 aliphatic heterocycles. The lowest BCUT2D eigenvalue weighted by atomic mass is 9.79. The monoisotopic (exact) mass is 291 g/mol. The molecule has 1 aliphatic rings. The first kappa shape index (κ1) is 16.3. The minimum absolute atomic E-state index is 0.00419. The summed E-state index contributed by atoms with van der Waals surface area (Å²) in [5.41, 5.74) is 7.06. The average molecular weight is 291 g/mol. The zero-order valence-corrected chi connectivity index (χ0v) is 13.1. The lowest BCUT2D eigenvalue weighted by Crippen LogP contribution is -2.33. The van der Waals surface area contributed by atoms with Crippen LogP contribution in [0.4, 0.5) is 0 Å². The molecular weight excluding hydrogens is 262 g/mol. The molecule has 2 rings (SSSR count). The fourth-order valence-corrected chi connectivity index (χ4v) is 3.50. The smallest absolute Gasteiger partial charge is 0.119 e. The van der Waals surface area contributed by atoms with E-state index in [0.29, 0.717) is 12.5 Å². The highest BCUT2D eigenvalue weighted by atomic mass is 16.5. The molecule has 1 fully saturated rings. The molecule has 2 atom stereocenters. The second-order valence-electron chi connectivity index (χ2n) is 6.21. The number of benzene rings is 1. The number of hydrogen-bond acceptors (Lipinski definition) is 3. The van der Waals surface area contributed by atoms with Crippen molar-refractivity contribution < 1.29 is 9.84 Å². The van der Waals surface area contributed by atoms with Gasteiger partial charge in [-0.25, -0.2) is 0 Å². The van der Waals surface area contributed by atoms with Crippen molar-refractivity contribution in [3.63, 3.8) is 0 Å². The molecule has 0 heterocycles. The van der Waals surface area contributed by atoms with E-state index in [4.69, 9.17) is 10.5 Å². The quantitative estimate of drug-likeness (QED) is 0.873. The Morgan fingerprint density at radius 2 is 1.86 bits per heavy atom. The lowest BCUT2D eigenvalue weighted by molar-refractivity contribution is 0.0679. The molecule has 0 amide bonds. The van der Waals surface area contributed by atoms with E-state index in [1.807, 2.05) is 24.3 Å². The van der Waals surface area contributed by atoms with Crippen LogP contribution >= 0.6 is 0 Å². The van der Waals surface area contributed by atoms with Crippen molar-refractivity contribution in [2.45, 2.75) is 57.0 Å². The highest BCUT2D eigenvalue weighted by molar-refractivity contribution is 5.31. The summed E-state index contributed by atoms with van der Waals surface area (Å²) in [5, 5.41) is 10.8. The maximum atomic E-state index is 10.8. The van der Waals surface area contributed by atoms with Gasteiger partial charge in [-0.2, -0.15) is 0 Å². The molecule has 1 aromatic carbocycles. The zero-order valence-electron chi connectivity index (χ0n) is 13.1. The van der Waals surface area contributed by atoms with E-state index in [1.54, 1.807) is 7.11 Å². The summed E-state index contributed by atoms with van der Waals surface area (Å²) in [6.45, 7) is 0.477. The Hall–Kier alpha value is -1.06. The van der Waals surface area contributed by atoms with E-state index in [-0.39, 0.29) is 12.0 Å². The van der Waals surface area contributed by atoms with Gasteiger partial charge in [0.25, 0.3) is 0 Å². The van der Waals surface area contributed by atoms with Gasteiger partial charge in [-0.05, 0) is 36.5 Å². The van der Waals surface area contributed by atoms with E-state index in [9.17, 15) is 5.11 Å². The van der Waals surface area contributed by atoms with Gasteiger partial charge in [-0.1, -0.05) is 44.2 Å². The number of aliphatic hydroxyl groups excluding tert-OH is 1. The molecule has 3 nitrogen and oxygen atoms in total. The predicted molar refractivity (Wildman–Crippen MR) is 86.6 cm³/mol. The summed E-state index contributed by atoms with van der Waals surface area (Å²) in [5.74, 6) is 1.21. The molecule has 0 bridgehead atoms. The molecular formula is C18H29NO2. The fraction of sp³-hybridized carbons (Fsp3) is 0.667. The summed E-state index contributed by atoms with van der Waals surface area (Å²) >= 11 is 0. The molecule has 21 heavy (non-hydrogen) atoms. The molecule has 118 valence electrons. The number of methoxy groups -OCH3 is 1. The zero-order chi connectivity index (χ0) is 15.1. The van der Waals surface area contributed by atoms with Gasteiger partial charge >= 0.3 is 0 Å². The molecule has 1 aliphatic carbocycles. The van der Waals surface area contributed by atoms with E-state index < -0.39 is 0 Å². The number of ether oxygens (including phenoxy) is 1. The first-order valence-electron chi connectivity index (χ1n) is 8.28. The molecule has 0 spiro atoms. The van der Waals surface area contributed by atoms with Gasteiger partial charge in [0.2, 0.25) is 0 Å². The minimum atomic E-state index is -0.347. The van der Waals surface area contributed by atoms with E-state index in [2.05, 4.69) is 0 Å². The van der Waals surface area contributed by atoms with Crippen molar-refractivity contribution in [2.24, 2.45) is 11.7 Å². The maximum absolute atomic E-state index is 10.8. The van der Waals surface area contributed by atoms with Gasteiger partial charge in [-0.3, -0.25) is 0 Å². The number of nitrogens with two attached hydrogens (primary N) is 1. The summed E-state index contributed by atoms with van der Waals surface area (Å²) in [6.07, 6.45) is 8.32. The first-order valence-corrected chi connectivity index (χ1v) is 8.28. The van der Waals surface area contributed by atoms with Crippen molar-refractivity contribution in [1.82, 2.24) is 0 Å². The Balaban J connectivity index is 2.10. The van der Waals surface area contributed by atoms with Crippen molar-refractivity contribution in [3.05, 3.63) is 29.8 Å². The van der Waals surface area contributed by atoms with Crippen LogP contribution in [0.15, 0.2) is 24.3 Å². The first-order chi connectivity index (χ1) is 10.3. The van der Waals surface area contributed by atoms with Crippen LogP contribution in [0.2, 0.25) is 0 Å². The van der Waals surface area contributed by atoms with Gasteiger partial charge in [0.1, 0.15) is 5.75 Å².